The van der Waals surface area contributed by atoms with Gasteiger partial charge in [-0.25, -0.2) is 0 Å². The quantitative estimate of drug-likeness (QED) is 0.848. The zero-order chi connectivity index (χ0) is 18.4. The molecule has 1 aliphatic heterocycles. The summed E-state index contributed by atoms with van der Waals surface area (Å²) in [6, 6.07) is 15.8. The fourth-order valence-corrected chi connectivity index (χ4v) is 3.40. The van der Waals surface area contributed by atoms with Gasteiger partial charge in [0, 0.05) is 44.3 Å². The van der Waals surface area contributed by atoms with Crippen LogP contribution in [0.15, 0.2) is 48.5 Å². The molecular weight excluding hydrogens is 346 g/mol. The van der Waals surface area contributed by atoms with E-state index in [0.29, 0.717) is 18.0 Å². The van der Waals surface area contributed by atoms with Crippen LogP contribution in [0.5, 0.6) is 0 Å². The third-order valence-electron chi connectivity index (χ3n) is 4.89. The fourth-order valence-electron chi connectivity index (χ4n) is 3.20. The van der Waals surface area contributed by atoms with Crippen molar-refractivity contribution in [1.29, 1.82) is 0 Å². The first-order chi connectivity index (χ1) is 12.6. The average Bonchev–Trinajstić information content (AvgIpc) is 2.65. The summed E-state index contributed by atoms with van der Waals surface area (Å²) in [5.74, 6) is -0.00694. The topological polar surface area (TPSA) is 35.6 Å². The smallest absolute Gasteiger partial charge is 0.224 e. The number of piperazine rings is 1. The molecule has 0 unspecified atom stereocenters. The highest BCUT2D eigenvalue weighted by atomic mass is 35.5. The Kier molecular flexibility index (Phi) is 6.67. The Bertz CT molecular complexity index is 742. The minimum atomic E-state index is -0.00694. The molecule has 1 fully saturated rings. The number of halogens is 1. The van der Waals surface area contributed by atoms with Crippen LogP contribution < -0.4 is 5.32 Å². The molecule has 1 saturated heterocycles. The molecule has 0 atom stereocenters. The van der Waals surface area contributed by atoms with Crippen molar-refractivity contribution in [2.45, 2.75) is 19.5 Å². The SMILES string of the molecule is CN1CCN(Cc2ccccc2CNC(=O)Cc2ccccc2Cl)CC1. The van der Waals surface area contributed by atoms with Crippen molar-refractivity contribution in [3.05, 3.63) is 70.2 Å². The number of hydrogen-bond acceptors (Lipinski definition) is 3. The van der Waals surface area contributed by atoms with Crippen LogP contribution in [0.1, 0.15) is 16.7 Å². The largest absolute Gasteiger partial charge is 0.352 e. The molecule has 3 rings (SSSR count). The van der Waals surface area contributed by atoms with Crippen molar-refractivity contribution in [3.63, 3.8) is 0 Å². The summed E-state index contributed by atoms with van der Waals surface area (Å²) < 4.78 is 0. The molecule has 5 heteroatoms. The number of amides is 1. The number of rotatable bonds is 6. The normalized spacial score (nSPS) is 15.8. The van der Waals surface area contributed by atoms with Crippen LogP contribution >= 0.6 is 11.6 Å². The lowest BCUT2D eigenvalue weighted by molar-refractivity contribution is -0.120. The molecular formula is C21H26ClN3O. The fraction of sp³-hybridized carbons (Fsp3) is 0.381. The molecule has 0 bridgehead atoms. The third kappa shape index (κ3) is 5.31. The van der Waals surface area contributed by atoms with Gasteiger partial charge in [-0.1, -0.05) is 54.1 Å². The first kappa shape index (κ1) is 18.9. The molecule has 0 spiro atoms. The van der Waals surface area contributed by atoms with Crippen LogP contribution in [0, 0.1) is 0 Å². The highest BCUT2D eigenvalue weighted by Crippen LogP contribution is 2.16. The lowest BCUT2D eigenvalue weighted by Crippen LogP contribution is -2.44. The highest BCUT2D eigenvalue weighted by molar-refractivity contribution is 6.31. The van der Waals surface area contributed by atoms with E-state index in [4.69, 9.17) is 11.6 Å². The van der Waals surface area contributed by atoms with Gasteiger partial charge in [0.2, 0.25) is 5.91 Å². The Hall–Kier alpha value is -1.88. The molecule has 26 heavy (non-hydrogen) atoms. The number of hydrogen-bond donors (Lipinski definition) is 1. The highest BCUT2D eigenvalue weighted by Gasteiger charge is 2.15. The summed E-state index contributed by atoms with van der Waals surface area (Å²) in [5.41, 5.74) is 3.33. The van der Waals surface area contributed by atoms with Gasteiger partial charge in [0.15, 0.2) is 0 Å². The monoisotopic (exact) mass is 371 g/mol. The number of benzene rings is 2. The molecule has 0 radical (unpaired) electrons. The number of likely N-dealkylation sites (N-methyl/N-ethyl adjacent to an activating group) is 1. The summed E-state index contributed by atoms with van der Waals surface area (Å²) in [4.78, 5) is 17.1. The van der Waals surface area contributed by atoms with Gasteiger partial charge in [-0.15, -0.1) is 0 Å². The van der Waals surface area contributed by atoms with E-state index in [1.165, 1.54) is 11.1 Å². The lowest BCUT2D eigenvalue weighted by atomic mass is 10.1. The lowest BCUT2D eigenvalue weighted by Gasteiger charge is -2.32. The summed E-state index contributed by atoms with van der Waals surface area (Å²) >= 11 is 6.14. The summed E-state index contributed by atoms with van der Waals surface area (Å²) in [6.07, 6.45) is 0.306. The van der Waals surface area contributed by atoms with Crippen LogP contribution in [-0.2, 0) is 24.3 Å². The second kappa shape index (κ2) is 9.17. The first-order valence-electron chi connectivity index (χ1n) is 9.09. The average molecular weight is 372 g/mol. The van der Waals surface area contributed by atoms with E-state index in [9.17, 15) is 4.79 Å². The van der Waals surface area contributed by atoms with E-state index in [-0.39, 0.29) is 5.91 Å². The Morgan fingerprint density at radius 1 is 0.962 bits per heavy atom. The maximum atomic E-state index is 12.3. The number of carbonyl (C=O) groups is 1. The Morgan fingerprint density at radius 3 is 2.27 bits per heavy atom. The minimum Gasteiger partial charge on any atom is -0.352 e. The van der Waals surface area contributed by atoms with Gasteiger partial charge in [-0.05, 0) is 29.8 Å². The van der Waals surface area contributed by atoms with Crippen molar-refractivity contribution in [2.75, 3.05) is 33.2 Å². The Balaban J connectivity index is 1.56. The molecule has 1 heterocycles. The van der Waals surface area contributed by atoms with Crippen molar-refractivity contribution >= 4 is 17.5 Å². The second-order valence-electron chi connectivity index (χ2n) is 6.89. The van der Waals surface area contributed by atoms with E-state index >= 15 is 0 Å². The van der Waals surface area contributed by atoms with Gasteiger partial charge in [0.05, 0.1) is 6.42 Å². The Labute approximate surface area is 160 Å². The molecule has 1 aliphatic rings. The molecule has 0 aromatic heterocycles. The van der Waals surface area contributed by atoms with Crippen LogP contribution in [0.4, 0.5) is 0 Å². The van der Waals surface area contributed by atoms with Crippen LogP contribution in [0.2, 0.25) is 5.02 Å². The molecule has 1 amide bonds. The van der Waals surface area contributed by atoms with E-state index in [1.54, 1.807) is 0 Å². The van der Waals surface area contributed by atoms with Crippen molar-refractivity contribution in [1.82, 2.24) is 15.1 Å². The zero-order valence-electron chi connectivity index (χ0n) is 15.2. The van der Waals surface area contributed by atoms with E-state index in [2.05, 4.69) is 40.4 Å². The van der Waals surface area contributed by atoms with Gasteiger partial charge >= 0.3 is 0 Å². The maximum absolute atomic E-state index is 12.3. The predicted octanol–water partition coefficient (Wildman–Crippen LogP) is 2.95. The molecule has 2 aromatic rings. The van der Waals surface area contributed by atoms with Gasteiger partial charge < -0.3 is 10.2 Å². The maximum Gasteiger partial charge on any atom is 0.224 e. The number of carbonyl (C=O) groups excluding carboxylic acids is 1. The third-order valence-corrected chi connectivity index (χ3v) is 5.26. The van der Waals surface area contributed by atoms with Gasteiger partial charge in [-0.3, -0.25) is 9.69 Å². The van der Waals surface area contributed by atoms with E-state index in [1.807, 2.05) is 30.3 Å². The van der Waals surface area contributed by atoms with Gasteiger partial charge in [0.1, 0.15) is 0 Å². The summed E-state index contributed by atoms with van der Waals surface area (Å²) in [7, 11) is 2.17. The van der Waals surface area contributed by atoms with Crippen LogP contribution in [0.3, 0.4) is 0 Å². The standard InChI is InChI=1S/C21H26ClN3O/c1-24-10-12-25(13-11-24)16-19-8-3-2-7-18(19)15-23-21(26)14-17-6-4-5-9-20(17)22/h2-9H,10-16H2,1H3,(H,23,26). The van der Waals surface area contributed by atoms with Crippen molar-refractivity contribution < 1.29 is 4.79 Å². The second-order valence-corrected chi connectivity index (χ2v) is 7.30. The van der Waals surface area contributed by atoms with Gasteiger partial charge in [-0.2, -0.15) is 0 Å². The summed E-state index contributed by atoms with van der Waals surface area (Å²) in [5, 5.41) is 3.67. The molecule has 0 saturated carbocycles. The number of nitrogens with zero attached hydrogens (tertiary/aromatic N) is 2. The molecule has 138 valence electrons. The zero-order valence-corrected chi connectivity index (χ0v) is 16.0. The molecule has 0 aliphatic carbocycles. The number of nitrogens with one attached hydrogen (secondary N) is 1. The molecule has 4 nitrogen and oxygen atoms in total. The predicted molar refractivity (Wildman–Crippen MR) is 106 cm³/mol. The minimum absolute atomic E-state index is 0.00694. The van der Waals surface area contributed by atoms with E-state index in [0.717, 1.165) is 38.3 Å². The van der Waals surface area contributed by atoms with Gasteiger partial charge in [0.25, 0.3) is 0 Å². The first-order valence-corrected chi connectivity index (χ1v) is 9.47. The van der Waals surface area contributed by atoms with Crippen LogP contribution in [-0.4, -0.2) is 48.9 Å². The van der Waals surface area contributed by atoms with Crippen molar-refractivity contribution in [2.24, 2.45) is 0 Å². The van der Waals surface area contributed by atoms with Crippen molar-refractivity contribution in [3.8, 4) is 0 Å². The van der Waals surface area contributed by atoms with Crippen LogP contribution in [0.25, 0.3) is 0 Å². The summed E-state index contributed by atoms with van der Waals surface area (Å²) in [6.45, 7) is 5.87. The molecule has 2 aromatic carbocycles. The Morgan fingerprint density at radius 2 is 1.58 bits per heavy atom. The molecule has 1 N–H and O–H groups in total. The van der Waals surface area contributed by atoms with E-state index < -0.39 is 0 Å².